The minimum absolute atomic E-state index is 0.440. The number of nitrogens with zero attached hydrogens (tertiary/aromatic N) is 2. The van der Waals surface area contributed by atoms with Crippen LogP contribution in [0.5, 0.6) is 0 Å². The van der Waals surface area contributed by atoms with Crippen LogP contribution in [0.15, 0.2) is 39.5 Å². The lowest BCUT2D eigenvalue weighted by Gasteiger charge is -2.16. The van der Waals surface area contributed by atoms with Crippen LogP contribution in [0.4, 0.5) is 0 Å². The van der Waals surface area contributed by atoms with Crippen molar-refractivity contribution in [3.63, 3.8) is 0 Å². The van der Waals surface area contributed by atoms with Crippen LogP contribution in [0.2, 0.25) is 0 Å². The van der Waals surface area contributed by atoms with Crippen LogP contribution < -0.4 is 5.73 Å². The summed E-state index contributed by atoms with van der Waals surface area (Å²) in [6, 6.07) is 7.73. The fourth-order valence-corrected chi connectivity index (χ4v) is 1.87. The highest BCUT2D eigenvalue weighted by Crippen LogP contribution is 2.30. The van der Waals surface area contributed by atoms with E-state index in [2.05, 4.69) is 10.1 Å². The van der Waals surface area contributed by atoms with E-state index in [1.54, 1.807) is 6.26 Å². The third-order valence-electron chi connectivity index (χ3n) is 3.37. The van der Waals surface area contributed by atoms with Crippen LogP contribution in [-0.2, 0) is 5.54 Å². The number of benzene rings is 1. The Morgan fingerprint density at radius 1 is 1.32 bits per heavy atom. The van der Waals surface area contributed by atoms with E-state index in [1.807, 2.05) is 38.1 Å². The number of aromatic nitrogens is 2. The summed E-state index contributed by atoms with van der Waals surface area (Å²) in [5.74, 6) is 0.945. The van der Waals surface area contributed by atoms with Gasteiger partial charge in [0.05, 0.1) is 11.1 Å². The summed E-state index contributed by atoms with van der Waals surface area (Å²) in [5, 5.41) is 4.96. The molecule has 0 bridgehead atoms. The zero-order chi connectivity index (χ0) is 13.5. The van der Waals surface area contributed by atoms with Crippen molar-refractivity contribution in [2.24, 2.45) is 5.73 Å². The van der Waals surface area contributed by atoms with Crippen LogP contribution in [0.3, 0.4) is 0 Å². The molecular formula is C14H15N3O2. The molecule has 2 heterocycles. The van der Waals surface area contributed by atoms with Crippen LogP contribution in [0, 0.1) is 0 Å². The van der Waals surface area contributed by atoms with Crippen molar-refractivity contribution < 1.29 is 8.94 Å². The van der Waals surface area contributed by atoms with E-state index in [-0.39, 0.29) is 0 Å². The summed E-state index contributed by atoms with van der Waals surface area (Å²) >= 11 is 0. The third kappa shape index (κ3) is 1.92. The fraction of sp³-hybridized carbons (Fsp3) is 0.286. The lowest BCUT2D eigenvalue weighted by atomic mass is 10.0. The maximum Gasteiger partial charge on any atom is 0.246 e. The predicted octanol–water partition coefficient (Wildman–Crippen LogP) is 3.07. The number of nitrogens with two attached hydrogens (primary N) is 1. The van der Waals surface area contributed by atoms with Gasteiger partial charge in [0.2, 0.25) is 11.7 Å². The number of hydrogen-bond acceptors (Lipinski definition) is 5. The van der Waals surface area contributed by atoms with Crippen molar-refractivity contribution in [2.75, 3.05) is 0 Å². The second-order valence-corrected chi connectivity index (χ2v) is 4.84. The van der Waals surface area contributed by atoms with E-state index in [4.69, 9.17) is 14.7 Å². The van der Waals surface area contributed by atoms with Gasteiger partial charge in [0, 0.05) is 5.39 Å². The Kier molecular flexibility index (Phi) is 2.64. The molecule has 0 aliphatic heterocycles. The van der Waals surface area contributed by atoms with Crippen molar-refractivity contribution >= 4 is 11.0 Å². The molecule has 2 aromatic heterocycles. The van der Waals surface area contributed by atoms with E-state index in [0.717, 1.165) is 23.0 Å². The molecule has 0 spiro atoms. The molecule has 0 saturated heterocycles. The lowest BCUT2D eigenvalue weighted by Crippen LogP contribution is -2.32. The van der Waals surface area contributed by atoms with Crippen LogP contribution in [0.25, 0.3) is 22.4 Å². The van der Waals surface area contributed by atoms with Crippen molar-refractivity contribution in [1.82, 2.24) is 10.1 Å². The molecule has 1 aromatic carbocycles. The van der Waals surface area contributed by atoms with Crippen molar-refractivity contribution in [1.29, 1.82) is 0 Å². The first-order chi connectivity index (χ1) is 9.12. The van der Waals surface area contributed by atoms with Gasteiger partial charge in [0.25, 0.3) is 0 Å². The standard InChI is InChI=1S/C14H15N3O2/c1-3-14(2,15)13-16-12(17-19-13)10-8-18-11-7-5-4-6-9(10)11/h4-8H,3,15H2,1-2H3. The smallest absolute Gasteiger partial charge is 0.246 e. The minimum atomic E-state index is -0.606. The molecule has 5 nitrogen and oxygen atoms in total. The molecule has 98 valence electrons. The summed E-state index contributed by atoms with van der Waals surface area (Å²) in [6.07, 6.45) is 2.36. The molecule has 0 amide bonds. The zero-order valence-corrected chi connectivity index (χ0v) is 10.9. The van der Waals surface area contributed by atoms with Gasteiger partial charge in [-0.1, -0.05) is 30.3 Å². The number of furan rings is 1. The molecule has 19 heavy (non-hydrogen) atoms. The quantitative estimate of drug-likeness (QED) is 0.780. The molecule has 3 aromatic rings. The van der Waals surface area contributed by atoms with E-state index in [9.17, 15) is 0 Å². The maximum absolute atomic E-state index is 6.10. The van der Waals surface area contributed by atoms with Gasteiger partial charge in [-0.2, -0.15) is 4.98 Å². The highest BCUT2D eigenvalue weighted by atomic mass is 16.5. The van der Waals surface area contributed by atoms with E-state index >= 15 is 0 Å². The third-order valence-corrected chi connectivity index (χ3v) is 3.37. The Morgan fingerprint density at radius 3 is 2.89 bits per heavy atom. The molecular weight excluding hydrogens is 242 g/mol. The molecule has 5 heteroatoms. The normalized spacial score (nSPS) is 14.7. The fourth-order valence-electron chi connectivity index (χ4n) is 1.87. The van der Waals surface area contributed by atoms with Crippen LogP contribution >= 0.6 is 0 Å². The Morgan fingerprint density at radius 2 is 2.11 bits per heavy atom. The van der Waals surface area contributed by atoms with Gasteiger partial charge in [-0.05, 0) is 19.4 Å². The summed E-state index contributed by atoms with van der Waals surface area (Å²) in [5.41, 5.74) is 7.11. The maximum atomic E-state index is 6.10. The van der Waals surface area contributed by atoms with E-state index in [1.165, 1.54) is 0 Å². The first-order valence-electron chi connectivity index (χ1n) is 6.21. The topological polar surface area (TPSA) is 78.1 Å². The Balaban J connectivity index is 2.08. The number of hydrogen-bond donors (Lipinski definition) is 1. The number of fused-ring (bicyclic) bond motifs is 1. The Bertz CT molecular complexity index is 712. The van der Waals surface area contributed by atoms with Gasteiger partial charge in [0.1, 0.15) is 11.8 Å². The number of rotatable bonds is 3. The first kappa shape index (κ1) is 11.9. The van der Waals surface area contributed by atoms with Gasteiger partial charge in [-0.25, -0.2) is 0 Å². The van der Waals surface area contributed by atoms with Gasteiger partial charge in [-0.15, -0.1) is 0 Å². The van der Waals surface area contributed by atoms with Crippen molar-refractivity contribution in [3.05, 3.63) is 36.4 Å². The predicted molar refractivity (Wildman–Crippen MR) is 71.3 cm³/mol. The van der Waals surface area contributed by atoms with Crippen molar-refractivity contribution in [2.45, 2.75) is 25.8 Å². The second-order valence-electron chi connectivity index (χ2n) is 4.84. The first-order valence-corrected chi connectivity index (χ1v) is 6.21. The summed E-state index contributed by atoms with van der Waals surface area (Å²) < 4.78 is 10.7. The summed E-state index contributed by atoms with van der Waals surface area (Å²) in [6.45, 7) is 3.86. The van der Waals surface area contributed by atoms with Gasteiger partial charge in [-0.3, -0.25) is 0 Å². The van der Waals surface area contributed by atoms with E-state index < -0.39 is 5.54 Å². The van der Waals surface area contributed by atoms with Crippen LogP contribution in [0.1, 0.15) is 26.2 Å². The zero-order valence-electron chi connectivity index (χ0n) is 10.9. The Hall–Kier alpha value is -2.14. The highest BCUT2D eigenvalue weighted by Gasteiger charge is 2.27. The summed E-state index contributed by atoms with van der Waals surface area (Å²) in [7, 11) is 0. The molecule has 0 aliphatic carbocycles. The second kappa shape index (κ2) is 4.20. The molecule has 3 rings (SSSR count). The largest absolute Gasteiger partial charge is 0.464 e. The van der Waals surface area contributed by atoms with Gasteiger partial charge >= 0.3 is 0 Å². The molecule has 0 saturated carbocycles. The molecule has 0 radical (unpaired) electrons. The van der Waals surface area contributed by atoms with Crippen LogP contribution in [-0.4, -0.2) is 10.1 Å². The highest BCUT2D eigenvalue weighted by molar-refractivity contribution is 5.91. The average Bonchev–Trinajstić information content (AvgIpc) is 3.05. The van der Waals surface area contributed by atoms with Gasteiger partial charge < -0.3 is 14.7 Å². The van der Waals surface area contributed by atoms with E-state index in [0.29, 0.717) is 11.7 Å². The van der Waals surface area contributed by atoms with Crippen molar-refractivity contribution in [3.8, 4) is 11.4 Å². The molecule has 1 unspecified atom stereocenters. The molecule has 1 atom stereocenters. The SMILES string of the molecule is CCC(C)(N)c1nc(-c2coc3ccccc23)no1. The monoisotopic (exact) mass is 257 g/mol. The number of para-hydroxylation sites is 1. The molecule has 2 N–H and O–H groups in total. The Labute approximate surface area is 110 Å². The summed E-state index contributed by atoms with van der Waals surface area (Å²) in [4.78, 5) is 4.38. The average molecular weight is 257 g/mol. The molecule has 0 aliphatic rings. The lowest BCUT2D eigenvalue weighted by molar-refractivity contribution is 0.291. The van der Waals surface area contributed by atoms with Gasteiger partial charge in [0.15, 0.2) is 0 Å². The minimum Gasteiger partial charge on any atom is -0.464 e. The molecule has 0 fully saturated rings.